The molecule has 2 aliphatic heterocycles. The van der Waals surface area contributed by atoms with Crippen molar-refractivity contribution in [1.29, 1.82) is 0 Å². The summed E-state index contributed by atoms with van der Waals surface area (Å²) in [5.74, 6) is 0.867. The third kappa shape index (κ3) is 9.33. The molecule has 302 valence electrons. The smallest absolute Gasteiger partial charge is 0.224 e. The average molecular weight is 808 g/mol. The molecule has 3 aromatic heterocycles. The van der Waals surface area contributed by atoms with E-state index in [1.165, 1.54) is 0 Å². The van der Waals surface area contributed by atoms with E-state index in [-0.39, 0.29) is 27.9 Å². The Labute approximate surface area is 344 Å². The molecule has 3 N–H and O–H groups in total. The molecule has 2 fully saturated rings. The van der Waals surface area contributed by atoms with Crippen molar-refractivity contribution in [1.82, 2.24) is 36.0 Å². The van der Waals surface area contributed by atoms with E-state index in [9.17, 15) is 5.11 Å². The quantitative estimate of drug-likeness (QED) is 0.143. The minimum absolute atomic E-state index is 0.0830. The van der Waals surface area contributed by atoms with Crippen LogP contribution in [-0.4, -0.2) is 85.9 Å². The van der Waals surface area contributed by atoms with E-state index < -0.39 is 0 Å². The summed E-state index contributed by atoms with van der Waals surface area (Å²) in [5.41, 5.74) is 3.21. The molecule has 0 atom stereocenters. The lowest BCUT2D eigenvalue weighted by molar-refractivity contribution is 0.160. The Morgan fingerprint density at radius 3 is 1.72 bits per heavy atom. The molecule has 0 amide bonds. The fourth-order valence-corrected chi connectivity index (χ4v) is 10.9. The molecule has 57 heavy (non-hydrogen) atoms. The summed E-state index contributed by atoms with van der Waals surface area (Å²) < 4.78 is 5.55. The van der Waals surface area contributed by atoms with Gasteiger partial charge >= 0.3 is 0 Å². The molecule has 8 rings (SSSR count). The lowest BCUT2D eigenvalue weighted by Gasteiger charge is -2.48. The van der Waals surface area contributed by atoms with Gasteiger partial charge in [0.15, 0.2) is 5.01 Å². The first kappa shape index (κ1) is 40.8. The normalized spacial score (nSPS) is 18.9. The molecule has 0 spiro atoms. The molecule has 2 saturated heterocycles. The fourth-order valence-electron chi connectivity index (χ4n) is 9.11. The number of hydrogen-bond donors (Lipinski definition) is 3. The lowest BCUT2D eigenvalue weighted by Crippen LogP contribution is -2.61. The van der Waals surface area contributed by atoms with E-state index in [2.05, 4.69) is 133 Å². The number of aromatic nitrogens is 5. The topological polar surface area (TPSA) is 124 Å². The van der Waals surface area contributed by atoms with Gasteiger partial charge in [0.05, 0.1) is 18.2 Å². The van der Waals surface area contributed by atoms with Crippen molar-refractivity contribution in [3.63, 3.8) is 0 Å². The van der Waals surface area contributed by atoms with Crippen LogP contribution < -0.4 is 25.2 Å². The number of fused-ring (bicyclic) bond motifs is 2. The fraction of sp³-hybridized carbons (Fsp3) is 0.477. The van der Waals surface area contributed by atoms with Crippen LogP contribution in [0.2, 0.25) is 0 Å². The van der Waals surface area contributed by atoms with Crippen molar-refractivity contribution in [2.45, 2.75) is 115 Å². The highest BCUT2D eigenvalue weighted by Crippen LogP contribution is 2.40. The van der Waals surface area contributed by atoms with E-state index in [0.29, 0.717) is 18.0 Å². The van der Waals surface area contributed by atoms with E-state index in [0.717, 1.165) is 78.8 Å². The Morgan fingerprint density at radius 1 is 0.632 bits per heavy atom. The Hall–Kier alpha value is -4.43. The number of nitrogens with one attached hydrogen (secondary N) is 2. The average Bonchev–Trinajstić information content (AvgIpc) is 3.82. The monoisotopic (exact) mass is 807 g/mol. The van der Waals surface area contributed by atoms with Crippen molar-refractivity contribution >= 4 is 54.6 Å². The van der Waals surface area contributed by atoms with Gasteiger partial charge in [-0.2, -0.15) is 0 Å². The third-order valence-electron chi connectivity index (χ3n) is 11.0. The SMILES string of the molecule is CN(c1nnc(-c2ccc3cc(O)ccc3c2)s1)C1CC(C)(C)NC(C)(C)C1.COc1nc2ccccc2cc1-c1nnc(N(C)C2CC(C)(C)NC(C)(C)C2)s1. The van der Waals surface area contributed by atoms with Crippen LogP contribution >= 0.6 is 22.7 Å². The highest BCUT2D eigenvalue weighted by Gasteiger charge is 2.41. The number of nitrogens with zero attached hydrogens (tertiary/aromatic N) is 7. The number of piperidine rings is 2. The number of benzene rings is 3. The third-order valence-corrected chi connectivity index (χ3v) is 13.2. The number of para-hydroxylation sites is 1. The summed E-state index contributed by atoms with van der Waals surface area (Å²) >= 11 is 3.22. The van der Waals surface area contributed by atoms with Crippen LogP contribution in [0.15, 0.2) is 66.7 Å². The van der Waals surface area contributed by atoms with Gasteiger partial charge in [0.1, 0.15) is 10.8 Å². The molecule has 0 radical (unpaired) electrons. The molecule has 6 aromatic rings. The maximum Gasteiger partial charge on any atom is 0.224 e. The first-order valence-corrected chi connectivity index (χ1v) is 21.3. The largest absolute Gasteiger partial charge is 0.508 e. The zero-order valence-electron chi connectivity index (χ0n) is 35.1. The molecular formula is C44H57N9O2S2. The van der Waals surface area contributed by atoms with Crippen molar-refractivity contribution in [3.8, 4) is 32.8 Å². The van der Waals surface area contributed by atoms with Gasteiger partial charge in [-0.25, -0.2) is 4.98 Å². The predicted molar refractivity (Wildman–Crippen MR) is 237 cm³/mol. The highest BCUT2D eigenvalue weighted by molar-refractivity contribution is 7.18. The maximum absolute atomic E-state index is 9.65. The van der Waals surface area contributed by atoms with Crippen LogP contribution in [0.25, 0.3) is 42.8 Å². The molecule has 0 bridgehead atoms. The number of aromatic hydroxyl groups is 1. The number of ether oxygens (including phenoxy) is 1. The van der Waals surface area contributed by atoms with Crippen molar-refractivity contribution in [2.75, 3.05) is 31.0 Å². The van der Waals surface area contributed by atoms with Crippen LogP contribution in [0.1, 0.15) is 81.1 Å². The summed E-state index contributed by atoms with van der Waals surface area (Å²) in [5, 5.41) is 41.9. The van der Waals surface area contributed by atoms with Crippen LogP contribution in [0.3, 0.4) is 0 Å². The molecule has 0 saturated carbocycles. The van der Waals surface area contributed by atoms with Gasteiger partial charge in [0.25, 0.3) is 0 Å². The Kier molecular flexibility index (Phi) is 11.0. The van der Waals surface area contributed by atoms with Gasteiger partial charge in [-0.1, -0.05) is 59.1 Å². The molecular weight excluding hydrogens is 751 g/mol. The molecule has 13 heteroatoms. The second kappa shape index (κ2) is 15.4. The molecule has 3 aromatic carbocycles. The summed E-state index contributed by atoms with van der Waals surface area (Å²) in [6, 6.07) is 22.5. The van der Waals surface area contributed by atoms with Gasteiger partial charge in [-0.15, -0.1) is 20.4 Å². The summed E-state index contributed by atoms with van der Waals surface area (Å²) in [4.78, 5) is 9.23. The summed E-state index contributed by atoms with van der Waals surface area (Å²) in [6.07, 6.45) is 4.26. The number of anilines is 2. The molecule has 0 unspecified atom stereocenters. The first-order chi connectivity index (χ1) is 26.8. The minimum atomic E-state index is 0.0830. The number of pyridine rings is 1. The number of hydrogen-bond acceptors (Lipinski definition) is 13. The van der Waals surface area contributed by atoms with Crippen molar-refractivity contribution in [2.24, 2.45) is 0 Å². The van der Waals surface area contributed by atoms with Crippen LogP contribution in [0.4, 0.5) is 10.3 Å². The number of phenolic OH excluding ortho intramolecular Hbond substituents is 1. The highest BCUT2D eigenvalue weighted by atomic mass is 32.1. The Morgan fingerprint density at radius 2 is 1.14 bits per heavy atom. The molecule has 11 nitrogen and oxygen atoms in total. The zero-order valence-corrected chi connectivity index (χ0v) is 36.8. The van der Waals surface area contributed by atoms with Crippen LogP contribution in [0, 0.1) is 0 Å². The first-order valence-electron chi connectivity index (χ1n) is 19.7. The van der Waals surface area contributed by atoms with Gasteiger partial charge in [0, 0.05) is 59.3 Å². The zero-order chi connectivity index (χ0) is 40.9. The maximum atomic E-state index is 9.65. The van der Waals surface area contributed by atoms with Gasteiger partial charge in [-0.05, 0) is 122 Å². The molecule has 0 aliphatic carbocycles. The molecule has 2 aliphatic rings. The molecule has 5 heterocycles. The van der Waals surface area contributed by atoms with Gasteiger partial charge in [-0.3, -0.25) is 0 Å². The van der Waals surface area contributed by atoms with Crippen molar-refractivity contribution < 1.29 is 9.84 Å². The second-order valence-electron chi connectivity index (χ2n) is 18.4. The Bertz CT molecular complexity index is 2340. The lowest BCUT2D eigenvalue weighted by atomic mass is 9.79. The van der Waals surface area contributed by atoms with Gasteiger partial charge < -0.3 is 30.3 Å². The van der Waals surface area contributed by atoms with E-state index in [1.807, 2.05) is 36.4 Å². The second-order valence-corrected chi connectivity index (χ2v) is 20.3. The number of methoxy groups -OCH3 is 1. The Balaban J connectivity index is 0.000000174. The van der Waals surface area contributed by atoms with E-state index in [4.69, 9.17) is 4.74 Å². The van der Waals surface area contributed by atoms with Gasteiger partial charge in [0.2, 0.25) is 16.1 Å². The minimum Gasteiger partial charge on any atom is -0.508 e. The van der Waals surface area contributed by atoms with Crippen LogP contribution in [0.5, 0.6) is 11.6 Å². The van der Waals surface area contributed by atoms with E-state index in [1.54, 1.807) is 41.9 Å². The summed E-state index contributed by atoms with van der Waals surface area (Å²) in [7, 11) is 5.91. The van der Waals surface area contributed by atoms with Crippen LogP contribution in [-0.2, 0) is 0 Å². The van der Waals surface area contributed by atoms with E-state index >= 15 is 0 Å². The number of rotatable bonds is 7. The number of phenols is 1. The van der Waals surface area contributed by atoms with Crippen molar-refractivity contribution in [3.05, 3.63) is 66.7 Å². The summed E-state index contributed by atoms with van der Waals surface area (Å²) in [6.45, 7) is 18.2. The standard InChI is InChI=1S/C22H29N5OS.C22H28N4OS/c1-21(2)12-15(13-22(3,4)26-21)27(5)20-25-24-19(29-20)16-11-14-9-7-8-10-17(14)23-18(16)28-6;1-21(2)12-17(13-22(3,4)25-21)26(5)20-24-23-19(28-20)16-7-6-15-11-18(27)9-8-14(15)10-16/h7-11,15,26H,12-13H2,1-6H3;6-11,17,25,27H,12-13H2,1-5H3. The predicted octanol–water partition coefficient (Wildman–Crippen LogP) is 9.32.